The first-order chi connectivity index (χ1) is 14.2. The van der Waals surface area contributed by atoms with E-state index in [1.165, 1.54) is 6.07 Å². The molecule has 0 bridgehead atoms. The topological polar surface area (TPSA) is 125 Å². The number of sulfonamides is 1. The molecule has 2 aliphatic rings. The SMILES string of the molecule is Cc1ccc(NC(=O)CN2C(=O)NC3(CC(C)CC(C)(C)C3)C2=O)cc1NS(C)(=O)=O. The molecule has 1 spiro atoms. The first-order valence-electron chi connectivity index (χ1n) is 10.2. The van der Waals surface area contributed by atoms with Gasteiger partial charge in [-0.25, -0.2) is 13.2 Å². The van der Waals surface area contributed by atoms with Gasteiger partial charge in [0.05, 0.1) is 11.9 Å². The van der Waals surface area contributed by atoms with Crippen LogP contribution in [0.15, 0.2) is 18.2 Å². The summed E-state index contributed by atoms with van der Waals surface area (Å²) in [6.07, 6.45) is 3.09. The molecule has 0 aromatic heterocycles. The maximum Gasteiger partial charge on any atom is 0.325 e. The number of hydrogen-bond acceptors (Lipinski definition) is 5. The van der Waals surface area contributed by atoms with E-state index in [0.29, 0.717) is 29.8 Å². The number of nitrogens with zero attached hydrogens (tertiary/aromatic N) is 1. The van der Waals surface area contributed by atoms with Gasteiger partial charge in [-0.3, -0.25) is 19.2 Å². The fourth-order valence-electron chi connectivity index (χ4n) is 5.00. The van der Waals surface area contributed by atoms with Gasteiger partial charge in [0.1, 0.15) is 12.1 Å². The lowest BCUT2D eigenvalue weighted by Gasteiger charge is -2.43. The van der Waals surface area contributed by atoms with Crippen LogP contribution in [0.3, 0.4) is 0 Å². The summed E-state index contributed by atoms with van der Waals surface area (Å²) in [5.74, 6) is -0.636. The van der Waals surface area contributed by atoms with Crippen molar-refractivity contribution in [3.05, 3.63) is 23.8 Å². The third-order valence-electron chi connectivity index (χ3n) is 5.74. The Morgan fingerprint density at radius 3 is 2.55 bits per heavy atom. The van der Waals surface area contributed by atoms with Crippen LogP contribution in [-0.4, -0.2) is 49.5 Å². The highest BCUT2D eigenvalue weighted by molar-refractivity contribution is 7.92. The number of urea groups is 1. The van der Waals surface area contributed by atoms with Crippen molar-refractivity contribution in [1.82, 2.24) is 10.2 Å². The number of rotatable bonds is 5. The molecule has 9 nitrogen and oxygen atoms in total. The zero-order chi connectivity index (χ0) is 23.2. The van der Waals surface area contributed by atoms with Crippen molar-refractivity contribution in [3.8, 4) is 0 Å². The third kappa shape index (κ3) is 5.17. The molecule has 31 heavy (non-hydrogen) atoms. The van der Waals surface area contributed by atoms with E-state index in [1.807, 2.05) is 0 Å². The number of amides is 4. The van der Waals surface area contributed by atoms with Gasteiger partial charge in [0.15, 0.2) is 0 Å². The molecule has 1 saturated heterocycles. The quantitative estimate of drug-likeness (QED) is 0.594. The summed E-state index contributed by atoms with van der Waals surface area (Å²) in [5.41, 5.74) is 0.329. The summed E-state index contributed by atoms with van der Waals surface area (Å²) >= 11 is 0. The number of carbonyl (C=O) groups excluding carboxylic acids is 3. The van der Waals surface area contributed by atoms with Crippen molar-refractivity contribution in [2.75, 3.05) is 22.8 Å². The average Bonchev–Trinajstić information content (AvgIpc) is 2.78. The highest BCUT2D eigenvalue weighted by Gasteiger charge is 2.56. The van der Waals surface area contributed by atoms with Crippen LogP contribution in [0.4, 0.5) is 16.2 Å². The van der Waals surface area contributed by atoms with E-state index in [4.69, 9.17) is 0 Å². The van der Waals surface area contributed by atoms with Crippen LogP contribution in [0.5, 0.6) is 0 Å². The summed E-state index contributed by atoms with van der Waals surface area (Å²) in [6, 6.07) is 4.22. The van der Waals surface area contributed by atoms with Crippen molar-refractivity contribution >= 4 is 39.2 Å². The minimum atomic E-state index is -3.48. The van der Waals surface area contributed by atoms with Crippen molar-refractivity contribution in [2.24, 2.45) is 11.3 Å². The van der Waals surface area contributed by atoms with Gasteiger partial charge < -0.3 is 10.6 Å². The molecule has 2 atom stereocenters. The Bertz CT molecular complexity index is 1040. The van der Waals surface area contributed by atoms with Crippen LogP contribution >= 0.6 is 0 Å². The molecule has 3 N–H and O–H groups in total. The third-order valence-corrected chi connectivity index (χ3v) is 6.33. The molecule has 1 aromatic carbocycles. The van der Waals surface area contributed by atoms with Gasteiger partial charge in [0.25, 0.3) is 5.91 Å². The fraction of sp³-hybridized carbons (Fsp3) is 0.571. The first kappa shape index (κ1) is 23.1. The Morgan fingerprint density at radius 1 is 1.26 bits per heavy atom. The molecule has 3 rings (SSSR count). The zero-order valence-electron chi connectivity index (χ0n) is 18.5. The van der Waals surface area contributed by atoms with Crippen molar-refractivity contribution < 1.29 is 22.8 Å². The van der Waals surface area contributed by atoms with E-state index in [9.17, 15) is 22.8 Å². The lowest BCUT2D eigenvalue weighted by atomic mass is 9.64. The van der Waals surface area contributed by atoms with Crippen molar-refractivity contribution in [3.63, 3.8) is 0 Å². The van der Waals surface area contributed by atoms with Crippen molar-refractivity contribution in [2.45, 2.75) is 52.5 Å². The van der Waals surface area contributed by atoms with Crippen LogP contribution in [0.2, 0.25) is 0 Å². The molecule has 170 valence electrons. The minimum absolute atomic E-state index is 0.0935. The van der Waals surface area contributed by atoms with Gasteiger partial charge in [-0.15, -0.1) is 0 Å². The number of benzene rings is 1. The Kier molecular flexibility index (Phi) is 5.81. The molecule has 1 heterocycles. The molecule has 0 radical (unpaired) electrons. The second kappa shape index (κ2) is 7.81. The van der Waals surface area contributed by atoms with Gasteiger partial charge in [0.2, 0.25) is 15.9 Å². The maximum absolute atomic E-state index is 13.2. The number of hydrogen-bond donors (Lipinski definition) is 3. The van der Waals surface area contributed by atoms with Crippen molar-refractivity contribution in [1.29, 1.82) is 0 Å². The minimum Gasteiger partial charge on any atom is -0.324 e. The first-order valence-corrected chi connectivity index (χ1v) is 12.1. The van der Waals surface area contributed by atoms with E-state index in [0.717, 1.165) is 17.6 Å². The van der Waals surface area contributed by atoms with E-state index in [2.05, 4.69) is 36.1 Å². The maximum atomic E-state index is 13.2. The predicted molar refractivity (Wildman–Crippen MR) is 118 cm³/mol. The number of anilines is 2. The molecule has 1 aliphatic carbocycles. The fourth-order valence-corrected chi connectivity index (χ4v) is 5.62. The van der Waals surface area contributed by atoms with Gasteiger partial charge in [-0.2, -0.15) is 0 Å². The molecule has 1 saturated carbocycles. The van der Waals surface area contributed by atoms with Crippen LogP contribution in [0.25, 0.3) is 0 Å². The molecule has 1 aromatic rings. The van der Waals surface area contributed by atoms with E-state index >= 15 is 0 Å². The molecular weight excluding hydrogens is 420 g/mol. The van der Waals surface area contributed by atoms with Gasteiger partial charge in [-0.1, -0.05) is 26.8 Å². The normalized spacial score (nSPS) is 25.5. The summed E-state index contributed by atoms with van der Waals surface area (Å²) in [5, 5.41) is 5.48. The molecular formula is C21H30N4O5S. The van der Waals surface area contributed by atoms with Gasteiger partial charge in [0, 0.05) is 5.69 Å². The number of carbonyl (C=O) groups is 3. The van der Waals surface area contributed by atoms with Crippen LogP contribution in [0.1, 0.15) is 45.6 Å². The van der Waals surface area contributed by atoms with E-state index < -0.39 is 34.0 Å². The molecule has 2 fully saturated rings. The Morgan fingerprint density at radius 2 is 1.94 bits per heavy atom. The van der Waals surface area contributed by atoms with Gasteiger partial charge >= 0.3 is 6.03 Å². The van der Waals surface area contributed by atoms with E-state index in [1.54, 1.807) is 19.1 Å². The van der Waals surface area contributed by atoms with Crippen LogP contribution in [-0.2, 0) is 19.6 Å². The van der Waals surface area contributed by atoms with E-state index in [-0.39, 0.29) is 17.2 Å². The average molecular weight is 451 g/mol. The highest BCUT2D eigenvalue weighted by Crippen LogP contribution is 2.46. The Labute approximate surface area is 183 Å². The summed E-state index contributed by atoms with van der Waals surface area (Å²) < 4.78 is 25.4. The summed E-state index contributed by atoms with van der Waals surface area (Å²) in [6.45, 7) is 7.55. The second-order valence-corrected chi connectivity index (χ2v) is 11.5. The molecule has 10 heteroatoms. The van der Waals surface area contributed by atoms with Crippen LogP contribution < -0.4 is 15.4 Å². The second-order valence-electron chi connectivity index (χ2n) is 9.71. The monoisotopic (exact) mass is 450 g/mol. The molecule has 4 amide bonds. The lowest BCUT2D eigenvalue weighted by Crippen LogP contribution is -2.54. The highest BCUT2D eigenvalue weighted by atomic mass is 32.2. The Balaban J connectivity index is 1.72. The van der Waals surface area contributed by atoms with Gasteiger partial charge in [-0.05, 0) is 55.2 Å². The zero-order valence-corrected chi connectivity index (χ0v) is 19.4. The number of imide groups is 1. The number of aryl methyl sites for hydroxylation is 1. The van der Waals surface area contributed by atoms with Crippen LogP contribution in [0, 0.1) is 18.3 Å². The molecule has 1 aliphatic heterocycles. The number of nitrogens with one attached hydrogen (secondary N) is 3. The lowest BCUT2D eigenvalue weighted by molar-refractivity contribution is -0.136. The smallest absolute Gasteiger partial charge is 0.324 e. The summed E-state index contributed by atoms with van der Waals surface area (Å²) in [7, 11) is -3.48. The predicted octanol–water partition coefficient (Wildman–Crippen LogP) is 2.44. The standard InChI is InChI=1S/C21H30N4O5S/c1-13-9-20(3,4)12-21(10-13)18(27)25(19(28)23-21)11-17(26)22-15-7-6-14(2)16(8-15)24-31(5,29)30/h6-8,13,24H,9-12H2,1-5H3,(H,22,26)(H,23,28). The molecule has 2 unspecified atom stereocenters. The summed E-state index contributed by atoms with van der Waals surface area (Å²) in [4.78, 5) is 39.3. The Hall–Kier alpha value is -2.62. The largest absolute Gasteiger partial charge is 0.325 e.